The molecule has 0 bridgehead atoms. The third-order valence-electron chi connectivity index (χ3n) is 4.98. The van der Waals surface area contributed by atoms with Crippen molar-refractivity contribution in [1.29, 1.82) is 0 Å². The molecule has 5 heteroatoms. The van der Waals surface area contributed by atoms with Gasteiger partial charge in [-0.3, -0.25) is 9.59 Å². The molecule has 0 heterocycles. The van der Waals surface area contributed by atoms with E-state index in [0.29, 0.717) is 19.0 Å². The molecule has 0 spiro atoms. The summed E-state index contributed by atoms with van der Waals surface area (Å²) in [5, 5.41) is 0. The van der Waals surface area contributed by atoms with Gasteiger partial charge in [0.1, 0.15) is 0 Å². The monoisotopic (exact) mass is 297 g/mol. The third kappa shape index (κ3) is 4.43. The van der Waals surface area contributed by atoms with Crippen LogP contribution in [0.1, 0.15) is 52.4 Å². The number of rotatable bonds is 6. The zero-order valence-electron chi connectivity index (χ0n) is 14.0. The van der Waals surface area contributed by atoms with E-state index in [1.807, 2.05) is 25.8 Å². The summed E-state index contributed by atoms with van der Waals surface area (Å²) in [6.45, 7) is 4.26. The Hall–Kier alpha value is -1.10. The van der Waals surface area contributed by atoms with Gasteiger partial charge >= 0.3 is 0 Å². The summed E-state index contributed by atoms with van der Waals surface area (Å²) in [5.41, 5.74) is 5.15. The Kier molecular flexibility index (Phi) is 6.65. The van der Waals surface area contributed by atoms with Crippen molar-refractivity contribution < 1.29 is 9.59 Å². The van der Waals surface area contributed by atoms with E-state index in [4.69, 9.17) is 5.73 Å². The van der Waals surface area contributed by atoms with Gasteiger partial charge < -0.3 is 15.5 Å². The van der Waals surface area contributed by atoms with Crippen molar-refractivity contribution in [3.63, 3.8) is 0 Å². The van der Waals surface area contributed by atoms with E-state index in [2.05, 4.69) is 0 Å². The molecule has 2 N–H and O–H groups in total. The lowest BCUT2D eigenvalue weighted by Crippen LogP contribution is -2.49. The normalized spacial score (nSPS) is 18.9. The van der Waals surface area contributed by atoms with Crippen molar-refractivity contribution in [1.82, 2.24) is 9.80 Å². The third-order valence-corrected chi connectivity index (χ3v) is 4.98. The smallest absolute Gasteiger partial charge is 0.242 e. The molecule has 1 atom stereocenters. The molecule has 0 aromatic carbocycles. The van der Waals surface area contributed by atoms with Crippen LogP contribution in [0.4, 0.5) is 0 Å². The van der Waals surface area contributed by atoms with Crippen LogP contribution >= 0.6 is 0 Å². The van der Waals surface area contributed by atoms with Crippen molar-refractivity contribution in [2.24, 2.45) is 11.1 Å². The molecule has 1 fully saturated rings. The number of nitrogens with two attached hydrogens (primary N) is 1. The molecular weight excluding hydrogens is 266 g/mol. The minimum atomic E-state index is -0.571. The van der Waals surface area contributed by atoms with Gasteiger partial charge in [-0.1, -0.05) is 26.2 Å². The zero-order valence-corrected chi connectivity index (χ0v) is 14.0. The second-order valence-corrected chi connectivity index (χ2v) is 6.58. The number of carbonyl (C=O) groups excluding carboxylic acids is 2. The van der Waals surface area contributed by atoms with E-state index in [0.717, 1.165) is 12.8 Å². The molecule has 1 rings (SSSR count). The number of hydrogen-bond acceptors (Lipinski definition) is 3. The molecule has 0 aliphatic heterocycles. The number of likely N-dealkylation sites (N-methyl/N-ethyl adjacent to an activating group) is 2. The summed E-state index contributed by atoms with van der Waals surface area (Å²) >= 11 is 0. The van der Waals surface area contributed by atoms with Crippen LogP contribution in [0.15, 0.2) is 0 Å². The fourth-order valence-corrected chi connectivity index (χ4v) is 2.90. The Bertz CT molecular complexity index is 361. The van der Waals surface area contributed by atoms with Gasteiger partial charge in [0.25, 0.3) is 0 Å². The number of nitrogens with zero attached hydrogens (tertiary/aromatic N) is 2. The lowest BCUT2D eigenvalue weighted by molar-refractivity contribution is -0.145. The average molecular weight is 297 g/mol. The molecule has 1 saturated carbocycles. The molecule has 1 aliphatic rings. The fourth-order valence-electron chi connectivity index (χ4n) is 2.90. The van der Waals surface area contributed by atoms with Gasteiger partial charge in [-0.15, -0.1) is 0 Å². The van der Waals surface area contributed by atoms with Gasteiger partial charge in [-0.2, -0.15) is 0 Å². The Morgan fingerprint density at radius 2 is 1.76 bits per heavy atom. The molecule has 0 saturated heterocycles. The number of hydrogen-bond donors (Lipinski definition) is 1. The summed E-state index contributed by atoms with van der Waals surface area (Å²) in [6, 6.07) is 0.335. The first-order valence-corrected chi connectivity index (χ1v) is 8.07. The highest BCUT2D eigenvalue weighted by Crippen LogP contribution is 2.23. The molecule has 122 valence electrons. The van der Waals surface area contributed by atoms with Gasteiger partial charge in [0.15, 0.2) is 0 Å². The van der Waals surface area contributed by atoms with E-state index in [1.54, 1.807) is 7.05 Å². The van der Waals surface area contributed by atoms with Gasteiger partial charge in [-0.05, 0) is 26.2 Å². The van der Waals surface area contributed by atoms with Crippen LogP contribution in [0.2, 0.25) is 0 Å². The second-order valence-electron chi connectivity index (χ2n) is 6.58. The summed E-state index contributed by atoms with van der Waals surface area (Å²) < 4.78 is 0. The van der Waals surface area contributed by atoms with Gasteiger partial charge in [0.05, 0.1) is 12.0 Å². The predicted molar refractivity (Wildman–Crippen MR) is 84.7 cm³/mol. The van der Waals surface area contributed by atoms with Crippen molar-refractivity contribution in [3.8, 4) is 0 Å². The highest BCUT2D eigenvalue weighted by atomic mass is 16.2. The first kappa shape index (κ1) is 18.0. The quantitative estimate of drug-likeness (QED) is 0.810. The molecule has 0 aromatic rings. The van der Waals surface area contributed by atoms with Gasteiger partial charge in [0.2, 0.25) is 11.8 Å². The number of carbonyl (C=O) groups is 2. The lowest BCUT2D eigenvalue weighted by Gasteiger charge is -2.34. The van der Waals surface area contributed by atoms with Crippen LogP contribution in [0.25, 0.3) is 0 Å². The maximum absolute atomic E-state index is 12.4. The van der Waals surface area contributed by atoms with Crippen molar-refractivity contribution >= 4 is 11.8 Å². The van der Waals surface area contributed by atoms with Gasteiger partial charge in [0, 0.05) is 26.7 Å². The number of amides is 2. The second kappa shape index (κ2) is 7.78. The maximum Gasteiger partial charge on any atom is 0.242 e. The van der Waals surface area contributed by atoms with Crippen LogP contribution in [0.5, 0.6) is 0 Å². The summed E-state index contributed by atoms with van der Waals surface area (Å²) in [4.78, 5) is 28.2. The molecule has 21 heavy (non-hydrogen) atoms. The van der Waals surface area contributed by atoms with E-state index in [1.165, 1.54) is 24.2 Å². The van der Waals surface area contributed by atoms with Crippen molar-refractivity contribution in [2.45, 2.75) is 58.4 Å². The zero-order chi connectivity index (χ0) is 16.0. The molecule has 5 nitrogen and oxygen atoms in total. The van der Waals surface area contributed by atoms with Crippen LogP contribution in [0, 0.1) is 5.41 Å². The van der Waals surface area contributed by atoms with Crippen LogP contribution in [-0.4, -0.2) is 54.8 Å². The minimum Gasteiger partial charge on any atom is -0.341 e. The van der Waals surface area contributed by atoms with Crippen LogP contribution in [-0.2, 0) is 9.59 Å². The predicted octanol–water partition coefficient (Wildman–Crippen LogP) is 1.61. The largest absolute Gasteiger partial charge is 0.341 e. The Morgan fingerprint density at radius 1 is 1.19 bits per heavy atom. The standard InChI is InChI=1S/C16H31N3O2/c1-5-16(2,12-17)15(21)18(3)11-14(20)19(4)13-9-7-6-8-10-13/h13H,5-12,17H2,1-4H3. The SMILES string of the molecule is CCC(C)(CN)C(=O)N(C)CC(=O)N(C)C1CCCCC1. The average Bonchev–Trinajstić information content (AvgIpc) is 2.53. The topological polar surface area (TPSA) is 66.6 Å². The summed E-state index contributed by atoms with van der Waals surface area (Å²) in [6.07, 6.45) is 6.49. The highest BCUT2D eigenvalue weighted by Gasteiger charge is 2.33. The van der Waals surface area contributed by atoms with Gasteiger partial charge in [-0.25, -0.2) is 0 Å². The molecule has 1 unspecified atom stereocenters. The first-order valence-electron chi connectivity index (χ1n) is 8.07. The van der Waals surface area contributed by atoms with E-state index in [9.17, 15) is 9.59 Å². The van der Waals surface area contributed by atoms with E-state index in [-0.39, 0.29) is 18.4 Å². The molecule has 2 amide bonds. The van der Waals surface area contributed by atoms with E-state index >= 15 is 0 Å². The Morgan fingerprint density at radius 3 is 2.24 bits per heavy atom. The first-order chi connectivity index (χ1) is 9.85. The van der Waals surface area contributed by atoms with Crippen LogP contribution in [0.3, 0.4) is 0 Å². The maximum atomic E-state index is 12.4. The Balaban J connectivity index is 2.58. The summed E-state index contributed by atoms with van der Waals surface area (Å²) in [5.74, 6) is -0.0221. The lowest BCUT2D eigenvalue weighted by atomic mass is 9.86. The minimum absolute atomic E-state index is 0.0215. The highest BCUT2D eigenvalue weighted by molar-refractivity contribution is 5.87. The fraction of sp³-hybridized carbons (Fsp3) is 0.875. The molecule has 0 aromatic heterocycles. The van der Waals surface area contributed by atoms with E-state index < -0.39 is 5.41 Å². The molecule has 0 radical (unpaired) electrons. The summed E-state index contributed by atoms with van der Waals surface area (Å²) in [7, 11) is 3.55. The van der Waals surface area contributed by atoms with Crippen molar-refractivity contribution in [2.75, 3.05) is 27.2 Å². The van der Waals surface area contributed by atoms with Crippen LogP contribution < -0.4 is 5.73 Å². The molecule has 1 aliphatic carbocycles. The van der Waals surface area contributed by atoms with Crippen molar-refractivity contribution in [3.05, 3.63) is 0 Å². The Labute approximate surface area is 128 Å². The molecular formula is C16H31N3O2.